The molecule has 0 radical (unpaired) electrons. The molecule has 3 heterocycles. The maximum Gasteiger partial charge on any atom is 0.260 e. The Morgan fingerprint density at radius 2 is 2.19 bits per heavy atom. The van der Waals surface area contributed by atoms with Crippen molar-refractivity contribution in [3.8, 4) is 5.75 Å². The summed E-state index contributed by atoms with van der Waals surface area (Å²) < 4.78 is 32.0. The molecule has 0 bridgehead atoms. The van der Waals surface area contributed by atoms with Crippen molar-refractivity contribution in [1.29, 1.82) is 0 Å². The van der Waals surface area contributed by atoms with E-state index in [0.717, 1.165) is 47.2 Å². The minimum absolute atomic E-state index is 0.0944. The molecular weight excluding hydrogens is 422 g/mol. The van der Waals surface area contributed by atoms with E-state index in [1.54, 1.807) is 11.1 Å². The molecule has 6 nitrogen and oxygen atoms in total. The van der Waals surface area contributed by atoms with E-state index in [-0.39, 0.29) is 24.2 Å². The van der Waals surface area contributed by atoms with Crippen LogP contribution in [0, 0.1) is 18.6 Å². The van der Waals surface area contributed by atoms with Crippen LogP contribution in [0.3, 0.4) is 0 Å². The molecule has 1 unspecified atom stereocenters. The molecule has 1 N–H and O–H groups in total. The van der Waals surface area contributed by atoms with Crippen LogP contribution in [0.4, 0.5) is 19.6 Å². The third kappa shape index (κ3) is 5.35. The number of amides is 1. The number of hydrogen-bond donors (Lipinski definition) is 1. The van der Waals surface area contributed by atoms with E-state index in [0.29, 0.717) is 13.1 Å². The number of hydrogen-bond acceptors (Lipinski definition) is 6. The molecule has 31 heavy (non-hydrogen) atoms. The van der Waals surface area contributed by atoms with Gasteiger partial charge in [-0.3, -0.25) is 9.78 Å². The van der Waals surface area contributed by atoms with Gasteiger partial charge in [0.1, 0.15) is 5.82 Å². The van der Waals surface area contributed by atoms with Crippen LogP contribution in [-0.4, -0.2) is 40.5 Å². The number of nitrogens with one attached hydrogen (secondary N) is 1. The summed E-state index contributed by atoms with van der Waals surface area (Å²) in [6.45, 7) is 2.77. The summed E-state index contributed by atoms with van der Waals surface area (Å²) in [7, 11) is 0. The number of halogens is 2. The molecule has 4 rings (SSSR count). The Labute approximate surface area is 182 Å². The number of carbonyl (C=O) groups is 1. The highest BCUT2D eigenvalue weighted by atomic mass is 32.1. The molecule has 3 aromatic rings. The van der Waals surface area contributed by atoms with E-state index in [1.165, 1.54) is 17.4 Å². The molecule has 9 heteroatoms. The number of likely N-dealkylation sites (tertiary alicyclic amines) is 1. The SMILES string of the molecule is Cc1cc(Nc2nccs2)cc(C2CCCN(C(=O)COc3ccc(F)cc3F)C2)n1. The standard InChI is InChI=1S/C22H22F2N4O2S/c1-14-9-17(27-22-25-6-8-31-22)11-19(26-14)15-3-2-7-28(12-15)21(29)13-30-20-5-4-16(23)10-18(20)24/h4-6,8-11,15H,2-3,7,12-13H2,1H3,(H,25,26,27). The summed E-state index contributed by atoms with van der Waals surface area (Å²) in [4.78, 5) is 23.3. The molecule has 0 spiro atoms. The van der Waals surface area contributed by atoms with Crippen LogP contribution in [0.25, 0.3) is 0 Å². The van der Waals surface area contributed by atoms with Gasteiger partial charge in [0.25, 0.3) is 5.91 Å². The van der Waals surface area contributed by atoms with Crippen molar-refractivity contribution >= 4 is 28.1 Å². The Hall–Kier alpha value is -3.07. The van der Waals surface area contributed by atoms with Crippen LogP contribution in [0.15, 0.2) is 41.9 Å². The van der Waals surface area contributed by atoms with Crippen molar-refractivity contribution in [2.75, 3.05) is 25.0 Å². The number of pyridine rings is 1. The summed E-state index contributed by atoms with van der Waals surface area (Å²) >= 11 is 1.52. The zero-order valence-electron chi connectivity index (χ0n) is 17.0. The van der Waals surface area contributed by atoms with Crippen LogP contribution < -0.4 is 10.1 Å². The second-order valence-electron chi connectivity index (χ2n) is 7.43. The summed E-state index contributed by atoms with van der Waals surface area (Å²) in [5.74, 6) is -1.79. The smallest absolute Gasteiger partial charge is 0.260 e. The second kappa shape index (κ2) is 9.38. The lowest BCUT2D eigenvalue weighted by Crippen LogP contribution is -2.41. The van der Waals surface area contributed by atoms with Gasteiger partial charge in [0.15, 0.2) is 23.3 Å². The lowest BCUT2D eigenvalue weighted by atomic mass is 9.93. The van der Waals surface area contributed by atoms with Crippen molar-refractivity contribution < 1.29 is 18.3 Å². The van der Waals surface area contributed by atoms with Crippen LogP contribution in [0.5, 0.6) is 5.75 Å². The number of benzene rings is 1. The zero-order valence-corrected chi connectivity index (χ0v) is 17.8. The molecule has 1 aromatic carbocycles. The fourth-order valence-electron chi connectivity index (χ4n) is 3.65. The van der Waals surface area contributed by atoms with Gasteiger partial charge in [-0.15, -0.1) is 11.3 Å². The van der Waals surface area contributed by atoms with E-state index < -0.39 is 11.6 Å². The van der Waals surface area contributed by atoms with Gasteiger partial charge < -0.3 is 15.0 Å². The summed E-state index contributed by atoms with van der Waals surface area (Å²) in [6, 6.07) is 6.97. The Bertz CT molecular complexity index is 1060. The third-order valence-electron chi connectivity index (χ3n) is 5.09. The molecular formula is C22H22F2N4O2S. The van der Waals surface area contributed by atoms with Gasteiger partial charge in [-0.25, -0.2) is 13.8 Å². The normalized spacial score (nSPS) is 16.2. The Balaban J connectivity index is 1.41. The second-order valence-corrected chi connectivity index (χ2v) is 8.32. The summed E-state index contributed by atoms with van der Waals surface area (Å²) in [5.41, 5.74) is 2.72. The molecule has 1 amide bonds. The Kier molecular flexibility index (Phi) is 6.41. The highest BCUT2D eigenvalue weighted by Gasteiger charge is 2.26. The lowest BCUT2D eigenvalue weighted by Gasteiger charge is -2.32. The van der Waals surface area contributed by atoms with Crippen molar-refractivity contribution in [2.24, 2.45) is 0 Å². The highest BCUT2D eigenvalue weighted by Crippen LogP contribution is 2.29. The van der Waals surface area contributed by atoms with E-state index in [4.69, 9.17) is 4.74 Å². The van der Waals surface area contributed by atoms with Gasteiger partial charge in [-0.05, 0) is 44.0 Å². The number of piperidine rings is 1. The minimum Gasteiger partial charge on any atom is -0.481 e. The first-order valence-corrected chi connectivity index (χ1v) is 10.9. The maximum atomic E-state index is 13.7. The molecule has 2 aromatic heterocycles. The van der Waals surface area contributed by atoms with Gasteiger partial charge in [-0.1, -0.05) is 0 Å². The van der Waals surface area contributed by atoms with Crippen LogP contribution >= 0.6 is 11.3 Å². The Morgan fingerprint density at radius 3 is 2.97 bits per heavy atom. The number of aromatic nitrogens is 2. The van der Waals surface area contributed by atoms with Crippen LogP contribution in [0.1, 0.15) is 30.1 Å². The molecule has 1 fully saturated rings. The quantitative estimate of drug-likeness (QED) is 0.599. The first kappa shape index (κ1) is 21.2. The maximum absolute atomic E-state index is 13.7. The number of nitrogens with zero attached hydrogens (tertiary/aromatic N) is 3. The van der Waals surface area contributed by atoms with Gasteiger partial charge in [0, 0.05) is 53.7 Å². The topological polar surface area (TPSA) is 67.4 Å². The molecule has 0 saturated carbocycles. The van der Waals surface area contributed by atoms with Crippen molar-refractivity contribution in [1.82, 2.24) is 14.9 Å². The third-order valence-corrected chi connectivity index (χ3v) is 5.78. The van der Waals surface area contributed by atoms with E-state index >= 15 is 0 Å². The molecule has 1 aliphatic rings. The van der Waals surface area contributed by atoms with Gasteiger partial charge in [0.05, 0.1) is 0 Å². The minimum atomic E-state index is -0.825. The molecule has 1 saturated heterocycles. The number of anilines is 2. The van der Waals surface area contributed by atoms with Crippen LogP contribution in [-0.2, 0) is 4.79 Å². The van der Waals surface area contributed by atoms with Crippen molar-refractivity contribution in [3.63, 3.8) is 0 Å². The molecule has 162 valence electrons. The molecule has 1 aliphatic heterocycles. The number of ether oxygens (including phenoxy) is 1. The number of rotatable bonds is 6. The largest absolute Gasteiger partial charge is 0.481 e. The number of thiazole rings is 1. The lowest BCUT2D eigenvalue weighted by molar-refractivity contribution is -0.134. The predicted molar refractivity (Wildman–Crippen MR) is 115 cm³/mol. The first-order valence-electron chi connectivity index (χ1n) is 9.98. The fourth-order valence-corrected chi connectivity index (χ4v) is 4.20. The van der Waals surface area contributed by atoms with Crippen LogP contribution in [0.2, 0.25) is 0 Å². The zero-order chi connectivity index (χ0) is 21.8. The predicted octanol–water partition coefficient (Wildman–Crippen LogP) is 4.65. The Morgan fingerprint density at radius 1 is 1.32 bits per heavy atom. The van der Waals surface area contributed by atoms with Crippen molar-refractivity contribution in [2.45, 2.75) is 25.7 Å². The summed E-state index contributed by atoms with van der Waals surface area (Å²) in [6.07, 6.45) is 3.50. The number of carbonyl (C=O) groups excluding carboxylic acids is 1. The monoisotopic (exact) mass is 444 g/mol. The van der Waals surface area contributed by atoms with E-state index in [9.17, 15) is 13.6 Å². The van der Waals surface area contributed by atoms with Gasteiger partial charge >= 0.3 is 0 Å². The van der Waals surface area contributed by atoms with Gasteiger partial charge in [0.2, 0.25) is 0 Å². The average molecular weight is 445 g/mol. The highest BCUT2D eigenvalue weighted by molar-refractivity contribution is 7.13. The first-order chi connectivity index (χ1) is 15.0. The van der Waals surface area contributed by atoms with E-state index in [2.05, 4.69) is 15.3 Å². The molecule has 1 atom stereocenters. The molecule has 0 aliphatic carbocycles. The van der Waals surface area contributed by atoms with Crippen molar-refractivity contribution in [3.05, 3.63) is 64.9 Å². The number of aryl methyl sites for hydroxylation is 1. The average Bonchev–Trinajstić information content (AvgIpc) is 3.25. The fraction of sp³-hybridized carbons (Fsp3) is 0.318. The van der Waals surface area contributed by atoms with E-state index in [1.807, 2.05) is 24.4 Å². The van der Waals surface area contributed by atoms with Gasteiger partial charge in [-0.2, -0.15) is 0 Å². The summed E-state index contributed by atoms with van der Waals surface area (Å²) in [5, 5.41) is 6.00.